The Morgan fingerprint density at radius 3 is 2.33 bits per heavy atom. The topological polar surface area (TPSA) is 58.6 Å². The normalized spacial score (nSPS) is 14.2. The number of anilines is 1. The van der Waals surface area contributed by atoms with Gasteiger partial charge in [-0.1, -0.05) is 42.5 Å². The van der Waals surface area contributed by atoms with Crippen molar-refractivity contribution in [2.75, 3.05) is 37.7 Å². The SMILES string of the molecule is O=C(COc1cccc(C(F)(F)F)c1)N1CCN(c2ccc(-c3ccc4ccccc4c3)nn2)CC1. The first-order chi connectivity index (χ1) is 17.4. The fourth-order valence-corrected chi connectivity index (χ4v) is 4.18. The second-order valence-electron chi connectivity index (χ2n) is 8.52. The predicted molar refractivity (Wildman–Crippen MR) is 131 cm³/mol. The first-order valence-electron chi connectivity index (χ1n) is 11.5. The van der Waals surface area contributed by atoms with Crippen LogP contribution in [0.3, 0.4) is 0 Å². The Kier molecular flexibility index (Phi) is 6.45. The highest BCUT2D eigenvalue weighted by Crippen LogP contribution is 2.31. The predicted octanol–water partition coefficient (Wildman–Crippen LogP) is 5.04. The smallest absolute Gasteiger partial charge is 0.416 e. The lowest BCUT2D eigenvalue weighted by molar-refractivity contribution is -0.137. The van der Waals surface area contributed by atoms with Gasteiger partial charge in [0.05, 0.1) is 11.3 Å². The Labute approximate surface area is 205 Å². The molecule has 5 rings (SSSR count). The standard InChI is InChI=1S/C27H23F3N4O2/c28-27(29,30)22-6-3-7-23(17-22)36-18-26(35)34-14-12-33(13-15-34)25-11-10-24(31-32-25)21-9-8-19-4-1-2-5-20(19)16-21/h1-11,16-17H,12-15,18H2. The van der Waals surface area contributed by atoms with Crippen molar-refractivity contribution in [2.45, 2.75) is 6.18 Å². The number of amides is 1. The van der Waals surface area contributed by atoms with Crippen molar-refractivity contribution in [3.8, 4) is 17.0 Å². The van der Waals surface area contributed by atoms with Gasteiger partial charge in [0.1, 0.15) is 5.75 Å². The Bertz CT molecular complexity index is 1370. The van der Waals surface area contributed by atoms with Crippen molar-refractivity contribution in [3.05, 3.63) is 84.4 Å². The number of nitrogens with zero attached hydrogens (tertiary/aromatic N) is 4. The molecule has 0 aliphatic carbocycles. The molecule has 184 valence electrons. The molecule has 0 atom stereocenters. The number of halogens is 3. The van der Waals surface area contributed by atoms with E-state index in [0.29, 0.717) is 26.2 Å². The van der Waals surface area contributed by atoms with Gasteiger partial charge < -0.3 is 14.5 Å². The number of hydrogen-bond donors (Lipinski definition) is 0. The molecule has 0 bridgehead atoms. The van der Waals surface area contributed by atoms with Gasteiger partial charge in [-0.25, -0.2) is 0 Å². The Morgan fingerprint density at radius 1 is 0.833 bits per heavy atom. The minimum atomic E-state index is -4.46. The van der Waals surface area contributed by atoms with E-state index in [1.165, 1.54) is 17.5 Å². The van der Waals surface area contributed by atoms with Crippen LogP contribution in [0.25, 0.3) is 22.0 Å². The third-order valence-corrected chi connectivity index (χ3v) is 6.18. The minimum absolute atomic E-state index is 0.0126. The molecule has 0 saturated carbocycles. The van der Waals surface area contributed by atoms with E-state index < -0.39 is 11.7 Å². The lowest BCUT2D eigenvalue weighted by Crippen LogP contribution is -2.50. The number of alkyl halides is 3. The first-order valence-corrected chi connectivity index (χ1v) is 11.5. The van der Waals surface area contributed by atoms with Gasteiger partial charge in [-0.15, -0.1) is 10.2 Å². The van der Waals surface area contributed by atoms with E-state index in [2.05, 4.69) is 39.4 Å². The fraction of sp³-hybridized carbons (Fsp3) is 0.222. The number of rotatable bonds is 5. The van der Waals surface area contributed by atoms with Crippen LogP contribution < -0.4 is 9.64 Å². The van der Waals surface area contributed by atoms with Crippen LogP contribution in [0.2, 0.25) is 0 Å². The van der Waals surface area contributed by atoms with Crippen molar-refractivity contribution in [1.29, 1.82) is 0 Å². The van der Waals surface area contributed by atoms with E-state index in [1.807, 2.05) is 30.3 Å². The second-order valence-corrected chi connectivity index (χ2v) is 8.52. The number of carbonyl (C=O) groups is 1. The lowest BCUT2D eigenvalue weighted by Gasteiger charge is -2.35. The van der Waals surface area contributed by atoms with E-state index in [4.69, 9.17) is 4.74 Å². The maximum Gasteiger partial charge on any atom is 0.416 e. The van der Waals surface area contributed by atoms with Gasteiger partial charge >= 0.3 is 6.18 Å². The van der Waals surface area contributed by atoms with E-state index >= 15 is 0 Å². The molecule has 4 aromatic rings. The summed E-state index contributed by atoms with van der Waals surface area (Å²) < 4.78 is 43.9. The number of carbonyl (C=O) groups excluding carboxylic acids is 1. The average molecular weight is 493 g/mol. The van der Waals surface area contributed by atoms with Gasteiger partial charge in [0.15, 0.2) is 12.4 Å². The van der Waals surface area contributed by atoms with Crippen molar-refractivity contribution >= 4 is 22.5 Å². The van der Waals surface area contributed by atoms with Gasteiger partial charge in [0.25, 0.3) is 5.91 Å². The number of piperazine rings is 1. The van der Waals surface area contributed by atoms with Crippen molar-refractivity contribution < 1.29 is 22.7 Å². The van der Waals surface area contributed by atoms with Crippen LogP contribution in [-0.2, 0) is 11.0 Å². The molecule has 1 fully saturated rings. The molecule has 1 aromatic heterocycles. The summed E-state index contributed by atoms with van der Waals surface area (Å²) >= 11 is 0. The van der Waals surface area contributed by atoms with Crippen LogP contribution >= 0.6 is 0 Å². The molecular weight excluding hydrogens is 469 g/mol. The van der Waals surface area contributed by atoms with E-state index in [-0.39, 0.29) is 18.3 Å². The van der Waals surface area contributed by atoms with Crippen molar-refractivity contribution in [1.82, 2.24) is 15.1 Å². The van der Waals surface area contributed by atoms with Crippen LogP contribution in [0.5, 0.6) is 5.75 Å². The Morgan fingerprint density at radius 2 is 1.61 bits per heavy atom. The minimum Gasteiger partial charge on any atom is -0.484 e. The second kappa shape index (κ2) is 9.85. The van der Waals surface area contributed by atoms with Crippen LogP contribution in [0.15, 0.2) is 78.9 Å². The summed E-state index contributed by atoms with van der Waals surface area (Å²) in [5, 5.41) is 11.1. The van der Waals surface area contributed by atoms with Gasteiger partial charge in [-0.05, 0) is 47.2 Å². The summed E-state index contributed by atoms with van der Waals surface area (Å²) in [5.41, 5.74) is 0.961. The number of aromatic nitrogens is 2. The number of fused-ring (bicyclic) bond motifs is 1. The van der Waals surface area contributed by atoms with E-state index in [0.717, 1.165) is 34.6 Å². The highest BCUT2D eigenvalue weighted by molar-refractivity contribution is 5.86. The zero-order valence-corrected chi connectivity index (χ0v) is 19.3. The number of benzene rings is 3. The molecule has 3 aromatic carbocycles. The molecule has 1 aliphatic heterocycles. The van der Waals surface area contributed by atoms with E-state index in [9.17, 15) is 18.0 Å². The third kappa shape index (κ3) is 5.25. The van der Waals surface area contributed by atoms with Gasteiger partial charge in [0.2, 0.25) is 0 Å². The van der Waals surface area contributed by atoms with Gasteiger partial charge in [0, 0.05) is 31.7 Å². The molecule has 6 nitrogen and oxygen atoms in total. The average Bonchev–Trinajstić information content (AvgIpc) is 2.91. The molecule has 2 heterocycles. The highest BCUT2D eigenvalue weighted by atomic mass is 19.4. The summed E-state index contributed by atoms with van der Waals surface area (Å²) in [4.78, 5) is 16.2. The molecule has 36 heavy (non-hydrogen) atoms. The number of hydrogen-bond acceptors (Lipinski definition) is 5. The highest BCUT2D eigenvalue weighted by Gasteiger charge is 2.30. The first kappa shape index (κ1) is 23.6. The monoisotopic (exact) mass is 492 g/mol. The van der Waals surface area contributed by atoms with Crippen LogP contribution in [-0.4, -0.2) is 53.8 Å². The summed E-state index contributed by atoms with van der Waals surface area (Å²) in [6, 6.07) is 22.7. The molecular formula is C27H23F3N4O2. The summed E-state index contributed by atoms with van der Waals surface area (Å²) in [6.07, 6.45) is -4.46. The molecule has 0 radical (unpaired) electrons. The zero-order valence-electron chi connectivity index (χ0n) is 19.3. The Balaban J connectivity index is 1.15. The molecule has 0 unspecified atom stereocenters. The van der Waals surface area contributed by atoms with Crippen LogP contribution in [0, 0.1) is 0 Å². The van der Waals surface area contributed by atoms with Crippen LogP contribution in [0.1, 0.15) is 5.56 Å². The Hall–Kier alpha value is -4.14. The molecule has 1 saturated heterocycles. The van der Waals surface area contributed by atoms with Crippen molar-refractivity contribution in [3.63, 3.8) is 0 Å². The molecule has 0 N–H and O–H groups in total. The summed E-state index contributed by atoms with van der Waals surface area (Å²) in [6.45, 7) is 1.73. The molecule has 1 aliphatic rings. The molecule has 9 heteroatoms. The van der Waals surface area contributed by atoms with Crippen LogP contribution in [0.4, 0.5) is 19.0 Å². The summed E-state index contributed by atoms with van der Waals surface area (Å²) in [7, 11) is 0. The fourth-order valence-electron chi connectivity index (χ4n) is 4.18. The number of ether oxygens (including phenoxy) is 1. The maximum absolute atomic E-state index is 12.9. The maximum atomic E-state index is 12.9. The lowest BCUT2D eigenvalue weighted by atomic mass is 10.1. The zero-order chi connectivity index (χ0) is 25.1. The van der Waals surface area contributed by atoms with Crippen molar-refractivity contribution in [2.24, 2.45) is 0 Å². The van der Waals surface area contributed by atoms with E-state index in [1.54, 1.807) is 4.90 Å². The van der Waals surface area contributed by atoms with Gasteiger partial charge in [-0.2, -0.15) is 13.2 Å². The largest absolute Gasteiger partial charge is 0.484 e. The molecule has 1 amide bonds. The third-order valence-electron chi connectivity index (χ3n) is 6.18. The summed E-state index contributed by atoms with van der Waals surface area (Å²) in [5.74, 6) is 0.468. The van der Waals surface area contributed by atoms with Gasteiger partial charge in [-0.3, -0.25) is 4.79 Å². The molecule has 0 spiro atoms. The quantitative estimate of drug-likeness (QED) is 0.391.